The molecule has 5 heteroatoms. The summed E-state index contributed by atoms with van der Waals surface area (Å²) >= 11 is 4.43. The van der Waals surface area contributed by atoms with Crippen molar-refractivity contribution >= 4 is 27.7 Å². The maximum atomic E-state index is 14.1. The van der Waals surface area contributed by atoms with Crippen molar-refractivity contribution in [2.24, 2.45) is 5.73 Å². The minimum Gasteiger partial charge on any atom is -0.328 e. The van der Waals surface area contributed by atoms with Crippen LogP contribution in [0.1, 0.15) is 12.5 Å². The quantitative estimate of drug-likeness (QED) is 0.852. The Kier molecular flexibility index (Phi) is 5.18. The van der Waals surface area contributed by atoms with E-state index in [2.05, 4.69) is 15.9 Å². The minimum absolute atomic E-state index is 0.00493. The van der Waals surface area contributed by atoms with Crippen LogP contribution in [0.2, 0.25) is 0 Å². The normalized spacial score (nSPS) is 12.4. The summed E-state index contributed by atoms with van der Waals surface area (Å²) in [5.41, 5.74) is 6.23. The lowest BCUT2D eigenvalue weighted by atomic mass is 10.1. The number of nitrogens with two attached hydrogens (primary N) is 1. The molecule has 0 radical (unpaired) electrons. The molecule has 0 saturated carbocycles. The highest BCUT2D eigenvalue weighted by molar-refractivity contribution is 9.10. The maximum absolute atomic E-state index is 14.1. The maximum Gasteiger partial charge on any atom is 0.140 e. The fourth-order valence-electron chi connectivity index (χ4n) is 1.84. The molecule has 0 fully saturated rings. The van der Waals surface area contributed by atoms with Crippen LogP contribution in [0.25, 0.3) is 0 Å². The Balaban J connectivity index is 2.31. The first-order valence-corrected chi connectivity index (χ1v) is 7.74. The number of halogens is 3. The summed E-state index contributed by atoms with van der Waals surface area (Å²) in [6.07, 6.45) is 0.452. The van der Waals surface area contributed by atoms with E-state index in [9.17, 15) is 8.78 Å². The molecule has 0 saturated heterocycles. The molecule has 0 amide bonds. The van der Waals surface area contributed by atoms with Crippen molar-refractivity contribution in [3.05, 3.63) is 58.1 Å². The summed E-state index contributed by atoms with van der Waals surface area (Å²) in [7, 11) is 0. The average Bonchev–Trinajstić information content (AvgIpc) is 2.35. The standard InChI is InChI=1S/C15H14BrF2NS/c1-9(19)6-10-7-12(17)15(13(18)8-10)20-14-5-3-2-4-11(14)16/h2-5,7-9H,6,19H2,1H3. The number of hydrogen-bond donors (Lipinski definition) is 1. The molecular weight excluding hydrogens is 344 g/mol. The van der Waals surface area contributed by atoms with Crippen LogP contribution >= 0.6 is 27.7 Å². The van der Waals surface area contributed by atoms with Gasteiger partial charge in [0.1, 0.15) is 11.6 Å². The second kappa shape index (κ2) is 6.70. The average molecular weight is 358 g/mol. The van der Waals surface area contributed by atoms with Crippen molar-refractivity contribution in [2.75, 3.05) is 0 Å². The van der Waals surface area contributed by atoms with Gasteiger partial charge in [0.15, 0.2) is 0 Å². The molecule has 0 heterocycles. The first kappa shape index (κ1) is 15.5. The summed E-state index contributed by atoms with van der Waals surface area (Å²) < 4.78 is 28.9. The van der Waals surface area contributed by atoms with Crippen molar-refractivity contribution in [3.8, 4) is 0 Å². The number of hydrogen-bond acceptors (Lipinski definition) is 2. The molecule has 0 aliphatic carbocycles. The van der Waals surface area contributed by atoms with Gasteiger partial charge in [-0.25, -0.2) is 8.78 Å². The molecule has 1 unspecified atom stereocenters. The van der Waals surface area contributed by atoms with E-state index in [1.165, 1.54) is 12.1 Å². The Hall–Kier alpha value is -0.910. The van der Waals surface area contributed by atoms with Gasteiger partial charge in [0.2, 0.25) is 0 Å². The Morgan fingerprint density at radius 1 is 1.20 bits per heavy atom. The highest BCUT2D eigenvalue weighted by atomic mass is 79.9. The zero-order valence-electron chi connectivity index (χ0n) is 10.9. The molecule has 2 aromatic rings. The summed E-state index contributed by atoms with van der Waals surface area (Å²) in [6.45, 7) is 1.81. The Morgan fingerprint density at radius 2 is 1.80 bits per heavy atom. The molecule has 0 spiro atoms. The third-order valence-electron chi connectivity index (χ3n) is 2.66. The van der Waals surface area contributed by atoms with Crippen molar-refractivity contribution in [1.29, 1.82) is 0 Å². The van der Waals surface area contributed by atoms with Crippen LogP contribution in [0.4, 0.5) is 8.78 Å². The van der Waals surface area contributed by atoms with Crippen LogP contribution in [0.3, 0.4) is 0 Å². The van der Waals surface area contributed by atoms with Crippen LogP contribution in [0.15, 0.2) is 50.7 Å². The zero-order chi connectivity index (χ0) is 14.7. The Morgan fingerprint density at radius 3 is 2.35 bits per heavy atom. The van der Waals surface area contributed by atoms with Crippen molar-refractivity contribution in [1.82, 2.24) is 0 Å². The predicted molar refractivity (Wildman–Crippen MR) is 82.0 cm³/mol. The highest BCUT2D eigenvalue weighted by Gasteiger charge is 2.14. The summed E-state index contributed by atoms with van der Waals surface area (Å²) in [5.74, 6) is -1.11. The van der Waals surface area contributed by atoms with Gasteiger partial charge in [0, 0.05) is 15.4 Å². The zero-order valence-corrected chi connectivity index (χ0v) is 13.3. The van der Waals surface area contributed by atoms with Gasteiger partial charge < -0.3 is 5.73 Å². The van der Waals surface area contributed by atoms with Gasteiger partial charge in [-0.3, -0.25) is 0 Å². The van der Waals surface area contributed by atoms with Crippen molar-refractivity contribution in [2.45, 2.75) is 29.2 Å². The SMILES string of the molecule is CC(N)Cc1cc(F)c(Sc2ccccc2Br)c(F)c1. The van der Waals surface area contributed by atoms with E-state index in [0.29, 0.717) is 12.0 Å². The minimum atomic E-state index is -0.554. The lowest BCUT2D eigenvalue weighted by molar-refractivity contribution is 0.535. The molecule has 0 aliphatic rings. The van der Waals surface area contributed by atoms with Crippen molar-refractivity contribution in [3.63, 3.8) is 0 Å². The lowest BCUT2D eigenvalue weighted by Gasteiger charge is -2.10. The first-order valence-electron chi connectivity index (χ1n) is 6.13. The fourth-order valence-corrected chi connectivity index (χ4v) is 3.21. The van der Waals surface area contributed by atoms with Gasteiger partial charge in [0.05, 0.1) is 4.90 Å². The third-order valence-corrected chi connectivity index (χ3v) is 4.79. The van der Waals surface area contributed by atoms with Gasteiger partial charge in [-0.15, -0.1) is 0 Å². The smallest absolute Gasteiger partial charge is 0.140 e. The van der Waals surface area contributed by atoms with Gasteiger partial charge in [-0.2, -0.15) is 0 Å². The van der Waals surface area contributed by atoms with Gasteiger partial charge in [0.25, 0.3) is 0 Å². The molecule has 1 nitrogen and oxygen atoms in total. The predicted octanol–water partition coefficient (Wildman–Crippen LogP) is 4.77. The van der Waals surface area contributed by atoms with E-state index in [-0.39, 0.29) is 10.9 Å². The first-order chi connectivity index (χ1) is 9.47. The van der Waals surface area contributed by atoms with E-state index in [0.717, 1.165) is 21.1 Å². The molecule has 0 aliphatic heterocycles. The van der Waals surface area contributed by atoms with E-state index in [4.69, 9.17) is 5.73 Å². The van der Waals surface area contributed by atoms with E-state index in [1.54, 1.807) is 6.92 Å². The van der Waals surface area contributed by atoms with Crippen LogP contribution in [0, 0.1) is 11.6 Å². The topological polar surface area (TPSA) is 26.0 Å². The van der Waals surface area contributed by atoms with Crippen LogP contribution in [0.5, 0.6) is 0 Å². The summed E-state index contributed by atoms with van der Waals surface area (Å²) in [6, 6.07) is 9.90. The van der Waals surface area contributed by atoms with E-state index in [1.807, 2.05) is 24.3 Å². The molecule has 2 aromatic carbocycles. The molecular formula is C15H14BrF2NS. The molecule has 0 aromatic heterocycles. The Labute approximate surface area is 129 Å². The van der Waals surface area contributed by atoms with Gasteiger partial charge in [-0.1, -0.05) is 23.9 Å². The molecule has 20 heavy (non-hydrogen) atoms. The van der Waals surface area contributed by atoms with Crippen LogP contribution in [-0.4, -0.2) is 6.04 Å². The summed E-state index contributed by atoms with van der Waals surface area (Å²) in [4.78, 5) is 0.774. The second-order valence-electron chi connectivity index (χ2n) is 4.60. The van der Waals surface area contributed by atoms with E-state index < -0.39 is 11.6 Å². The molecule has 0 bridgehead atoms. The molecule has 2 N–H and O–H groups in total. The monoisotopic (exact) mass is 357 g/mol. The van der Waals surface area contributed by atoms with Crippen LogP contribution in [-0.2, 0) is 6.42 Å². The highest BCUT2D eigenvalue weighted by Crippen LogP contribution is 2.36. The van der Waals surface area contributed by atoms with Gasteiger partial charge in [-0.05, 0) is 59.1 Å². The third kappa shape index (κ3) is 3.81. The second-order valence-corrected chi connectivity index (χ2v) is 6.51. The molecule has 1 atom stereocenters. The molecule has 106 valence electrons. The summed E-state index contributed by atoms with van der Waals surface area (Å²) in [5, 5.41) is 0. The van der Waals surface area contributed by atoms with Crippen LogP contribution < -0.4 is 5.73 Å². The van der Waals surface area contributed by atoms with Gasteiger partial charge >= 0.3 is 0 Å². The number of benzene rings is 2. The Bertz CT molecular complexity index is 594. The number of rotatable bonds is 4. The van der Waals surface area contributed by atoms with E-state index >= 15 is 0 Å². The largest absolute Gasteiger partial charge is 0.328 e. The fraction of sp³-hybridized carbons (Fsp3) is 0.200. The lowest BCUT2D eigenvalue weighted by Crippen LogP contribution is -2.18. The molecule has 2 rings (SSSR count). The van der Waals surface area contributed by atoms with Crippen molar-refractivity contribution < 1.29 is 8.78 Å².